The average Bonchev–Trinajstić information content (AvgIpc) is 2.53. The van der Waals surface area contributed by atoms with Crippen LogP contribution in [0, 0.1) is 5.92 Å². The molecule has 5 nitrogen and oxygen atoms in total. The van der Waals surface area contributed by atoms with Crippen LogP contribution in [-0.4, -0.2) is 39.6 Å². The summed E-state index contributed by atoms with van der Waals surface area (Å²) in [7, 11) is 0. The van der Waals surface area contributed by atoms with E-state index in [1.54, 1.807) is 33.8 Å². The first-order valence-corrected chi connectivity index (χ1v) is 6.20. The number of hydrogen-bond acceptors (Lipinski definition) is 4. The standard InChI is InChI=1S/C13H19NO4/c1-7(2)18-12(16)9-6-5-8-10(13(3,4)17)11(15)14(8)9/h6-8,10,17H,5H2,1-4H3/t8-,10+/m1/s1. The van der Waals surface area contributed by atoms with E-state index in [9.17, 15) is 14.7 Å². The first kappa shape index (κ1) is 13.1. The molecule has 2 rings (SSSR count). The molecule has 1 N–H and O–H groups in total. The van der Waals surface area contributed by atoms with E-state index < -0.39 is 17.5 Å². The SMILES string of the molecule is CC(C)OC(=O)C1=CC[C@@H]2[C@H](C(C)(C)O)C(=O)N12. The van der Waals surface area contributed by atoms with E-state index in [1.807, 2.05) is 0 Å². The Kier molecular flexibility index (Phi) is 2.97. The second-order valence-corrected chi connectivity index (χ2v) is 5.69. The molecule has 0 aromatic carbocycles. The summed E-state index contributed by atoms with van der Waals surface area (Å²) in [6, 6.07) is -0.104. The normalized spacial score (nSPS) is 26.9. The number of nitrogens with zero attached hydrogens (tertiary/aromatic N) is 1. The molecule has 0 saturated carbocycles. The lowest BCUT2D eigenvalue weighted by Crippen LogP contribution is -2.65. The summed E-state index contributed by atoms with van der Waals surface area (Å²) in [5, 5.41) is 9.94. The first-order chi connectivity index (χ1) is 8.23. The molecule has 1 amide bonds. The van der Waals surface area contributed by atoms with Gasteiger partial charge in [0.25, 0.3) is 0 Å². The Hall–Kier alpha value is -1.36. The zero-order valence-corrected chi connectivity index (χ0v) is 11.1. The molecule has 2 aliphatic rings. The van der Waals surface area contributed by atoms with Crippen molar-refractivity contribution in [2.45, 2.75) is 51.9 Å². The highest BCUT2D eigenvalue weighted by atomic mass is 16.5. The average molecular weight is 253 g/mol. The number of hydrogen-bond donors (Lipinski definition) is 1. The predicted molar refractivity (Wildman–Crippen MR) is 64.3 cm³/mol. The highest BCUT2D eigenvalue weighted by Gasteiger charge is 2.58. The van der Waals surface area contributed by atoms with Crippen LogP contribution < -0.4 is 0 Å². The Balaban J connectivity index is 2.10. The van der Waals surface area contributed by atoms with E-state index in [1.165, 1.54) is 4.90 Å². The monoisotopic (exact) mass is 253 g/mol. The summed E-state index contributed by atoms with van der Waals surface area (Å²) in [6.45, 7) is 6.78. The number of aliphatic hydroxyl groups is 1. The molecule has 18 heavy (non-hydrogen) atoms. The van der Waals surface area contributed by atoms with Gasteiger partial charge in [0.1, 0.15) is 5.70 Å². The van der Waals surface area contributed by atoms with Crippen molar-refractivity contribution >= 4 is 11.9 Å². The van der Waals surface area contributed by atoms with Crippen LogP contribution in [0.5, 0.6) is 0 Å². The van der Waals surface area contributed by atoms with Gasteiger partial charge in [-0.15, -0.1) is 0 Å². The number of carbonyl (C=O) groups is 2. The van der Waals surface area contributed by atoms with Crippen molar-refractivity contribution in [1.82, 2.24) is 4.90 Å². The van der Waals surface area contributed by atoms with Crippen LogP contribution >= 0.6 is 0 Å². The van der Waals surface area contributed by atoms with Crippen LogP contribution in [0.15, 0.2) is 11.8 Å². The van der Waals surface area contributed by atoms with Crippen LogP contribution in [0.3, 0.4) is 0 Å². The molecule has 100 valence electrons. The Bertz CT molecular complexity index is 419. The minimum Gasteiger partial charge on any atom is -0.458 e. The minimum absolute atomic E-state index is 0.104. The topological polar surface area (TPSA) is 66.8 Å². The lowest BCUT2D eigenvalue weighted by atomic mass is 9.76. The summed E-state index contributed by atoms with van der Waals surface area (Å²) >= 11 is 0. The van der Waals surface area contributed by atoms with Crippen LogP contribution in [0.2, 0.25) is 0 Å². The van der Waals surface area contributed by atoms with Gasteiger partial charge in [-0.25, -0.2) is 4.79 Å². The predicted octanol–water partition coefficient (Wildman–Crippen LogP) is 0.823. The van der Waals surface area contributed by atoms with Crippen LogP contribution in [0.1, 0.15) is 34.1 Å². The lowest BCUT2D eigenvalue weighted by Gasteiger charge is -2.48. The summed E-state index contributed by atoms with van der Waals surface area (Å²) < 4.78 is 5.09. The third kappa shape index (κ3) is 1.92. The van der Waals surface area contributed by atoms with Crippen molar-refractivity contribution in [2.24, 2.45) is 5.92 Å². The Morgan fingerprint density at radius 1 is 1.56 bits per heavy atom. The molecule has 1 fully saturated rings. The summed E-state index contributed by atoms with van der Waals surface area (Å²) in [6.07, 6.45) is 2.11. The largest absolute Gasteiger partial charge is 0.458 e. The number of rotatable bonds is 3. The molecule has 0 aliphatic carbocycles. The molecule has 1 saturated heterocycles. The van der Waals surface area contributed by atoms with Crippen molar-refractivity contribution in [2.75, 3.05) is 0 Å². The number of ether oxygens (including phenoxy) is 1. The molecule has 2 heterocycles. The third-order valence-corrected chi connectivity index (χ3v) is 3.35. The van der Waals surface area contributed by atoms with Crippen molar-refractivity contribution < 1.29 is 19.4 Å². The fraction of sp³-hybridized carbons (Fsp3) is 0.692. The number of esters is 1. The number of amides is 1. The minimum atomic E-state index is -1.05. The third-order valence-electron chi connectivity index (χ3n) is 3.35. The van der Waals surface area contributed by atoms with Crippen LogP contribution in [0.4, 0.5) is 0 Å². The molecule has 2 aliphatic heterocycles. The van der Waals surface area contributed by atoms with Crippen LogP contribution in [0.25, 0.3) is 0 Å². The molecular formula is C13H19NO4. The van der Waals surface area contributed by atoms with E-state index >= 15 is 0 Å². The van der Waals surface area contributed by atoms with Gasteiger partial charge in [-0.3, -0.25) is 4.79 Å². The van der Waals surface area contributed by atoms with E-state index in [2.05, 4.69) is 0 Å². The van der Waals surface area contributed by atoms with E-state index in [0.29, 0.717) is 12.1 Å². The molecule has 0 aromatic rings. The number of fused-ring (bicyclic) bond motifs is 1. The molecule has 0 aromatic heterocycles. The van der Waals surface area contributed by atoms with Gasteiger partial charge in [0, 0.05) is 0 Å². The van der Waals surface area contributed by atoms with Gasteiger partial charge in [-0.05, 0) is 34.1 Å². The molecular weight excluding hydrogens is 234 g/mol. The van der Waals surface area contributed by atoms with Gasteiger partial charge in [0.05, 0.1) is 23.7 Å². The van der Waals surface area contributed by atoms with Crippen molar-refractivity contribution in [3.8, 4) is 0 Å². The zero-order chi connectivity index (χ0) is 13.7. The van der Waals surface area contributed by atoms with Crippen LogP contribution in [-0.2, 0) is 14.3 Å². The highest BCUT2D eigenvalue weighted by molar-refractivity contribution is 5.99. The summed E-state index contributed by atoms with van der Waals surface area (Å²) in [5.74, 6) is -1.09. The van der Waals surface area contributed by atoms with E-state index in [4.69, 9.17) is 4.74 Å². The fourth-order valence-electron chi connectivity index (χ4n) is 2.64. The van der Waals surface area contributed by atoms with Gasteiger partial charge in [-0.2, -0.15) is 0 Å². The Morgan fingerprint density at radius 3 is 2.67 bits per heavy atom. The molecule has 2 atom stereocenters. The molecule has 0 bridgehead atoms. The second kappa shape index (κ2) is 4.09. The zero-order valence-electron chi connectivity index (χ0n) is 11.1. The maximum Gasteiger partial charge on any atom is 0.354 e. The highest BCUT2D eigenvalue weighted by Crippen LogP contribution is 2.43. The van der Waals surface area contributed by atoms with Crippen molar-refractivity contribution in [3.05, 3.63) is 11.8 Å². The van der Waals surface area contributed by atoms with E-state index in [-0.39, 0.29) is 18.1 Å². The quantitative estimate of drug-likeness (QED) is 0.597. The first-order valence-electron chi connectivity index (χ1n) is 6.20. The summed E-state index contributed by atoms with van der Waals surface area (Å²) in [5.41, 5.74) is -0.733. The maximum absolute atomic E-state index is 12.0. The smallest absolute Gasteiger partial charge is 0.354 e. The summed E-state index contributed by atoms with van der Waals surface area (Å²) in [4.78, 5) is 25.3. The van der Waals surface area contributed by atoms with Gasteiger partial charge in [0.2, 0.25) is 5.91 Å². The number of carbonyl (C=O) groups excluding carboxylic acids is 2. The van der Waals surface area contributed by atoms with Crippen molar-refractivity contribution in [3.63, 3.8) is 0 Å². The molecule has 0 unspecified atom stereocenters. The lowest BCUT2D eigenvalue weighted by molar-refractivity contribution is -0.170. The second-order valence-electron chi connectivity index (χ2n) is 5.69. The Labute approximate surface area is 106 Å². The van der Waals surface area contributed by atoms with Gasteiger partial charge >= 0.3 is 5.97 Å². The van der Waals surface area contributed by atoms with Crippen molar-refractivity contribution in [1.29, 1.82) is 0 Å². The Morgan fingerprint density at radius 2 is 2.17 bits per heavy atom. The molecule has 0 spiro atoms. The molecule has 0 radical (unpaired) electrons. The van der Waals surface area contributed by atoms with Gasteiger partial charge in [0.15, 0.2) is 0 Å². The molecule has 5 heteroatoms. The van der Waals surface area contributed by atoms with Gasteiger partial charge in [-0.1, -0.05) is 6.08 Å². The fourth-order valence-corrected chi connectivity index (χ4v) is 2.64. The van der Waals surface area contributed by atoms with Gasteiger partial charge < -0.3 is 14.7 Å². The maximum atomic E-state index is 12.0. The number of β-lactam (4-membered cyclic amide) rings is 1. The van der Waals surface area contributed by atoms with E-state index in [0.717, 1.165) is 0 Å².